The molecule has 2 aliphatic heterocycles. The molecule has 0 spiro atoms. The van der Waals surface area contributed by atoms with Crippen molar-refractivity contribution in [1.82, 2.24) is 10.2 Å². The fourth-order valence-electron chi connectivity index (χ4n) is 4.58. The van der Waals surface area contributed by atoms with Gasteiger partial charge in [-0.3, -0.25) is 19.4 Å². The van der Waals surface area contributed by atoms with Crippen LogP contribution in [-0.4, -0.2) is 59.1 Å². The summed E-state index contributed by atoms with van der Waals surface area (Å²) < 4.78 is 10.4. The van der Waals surface area contributed by atoms with Gasteiger partial charge in [0.25, 0.3) is 5.91 Å². The van der Waals surface area contributed by atoms with Crippen molar-refractivity contribution in [2.24, 2.45) is 9.98 Å². The number of carbonyl (C=O) groups is 3. The molecule has 0 radical (unpaired) electrons. The lowest BCUT2D eigenvalue weighted by molar-refractivity contribution is -0.128. The smallest absolute Gasteiger partial charge is 0.259 e. The first-order chi connectivity index (χ1) is 20.4. The molecule has 5 rings (SSSR count). The van der Waals surface area contributed by atoms with Crippen LogP contribution in [0.2, 0.25) is 0 Å². The molecule has 2 heterocycles. The average Bonchev–Trinajstić information content (AvgIpc) is 3.34. The van der Waals surface area contributed by atoms with Gasteiger partial charge in [-0.1, -0.05) is 49.0 Å². The van der Waals surface area contributed by atoms with Crippen LogP contribution < -0.4 is 20.1 Å². The highest BCUT2D eigenvalue weighted by Crippen LogP contribution is 2.36. The van der Waals surface area contributed by atoms with E-state index in [0.29, 0.717) is 46.7 Å². The SMILES string of the molecule is CC[C@@H](SC1=Nc2ccccc2C2=N[C@H](CC(=O)NCc3ccc(OC)cc3)C(=O)N12)C(=O)Nc1cccc(OC)c1. The van der Waals surface area contributed by atoms with Crippen LogP contribution in [0.25, 0.3) is 0 Å². The normalized spacial score (nSPS) is 16.0. The highest BCUT2D eigenvalue weighted by molar-refractivity contribution is 8.15. The molecule has 3 amide bonds. The largest absolute Gasteiger partial charge is 0.497 e. The highest BCUT2D eigenvalue weighted by Gasteiger charge is 2.43. The number of benzene rings is 3. The lowest BCUT2D eigenvalue weighted by Gasteiger charge is -2.27. The third-order valence-electron chi connectivity index (χ3n) is 6.82. The Hall–Kier alpha value is -4.64. The van der Waals surface area contributed by atoms with Crippen molar-refractivity contribution in [1.29, 1.82) is 0 Å². The molecule has 0 aromatic heterocycles. The number of para-hydroxylation sites is 1. The summed E-state index contributed by atoms with van der Waals surface area (Å²) in [6, 6.07) is 21.0. The molecule has 3 aromatic rings. The van der Waals surface area contributed by atoms with Crippen LogP contribution in [0, 0.1) is 0 Å². The van der Waals surface area contributed by atoms with Gasteiger partial charge in [-0.25, -0.2) is 9.89 Å². The van der Waals surface area contributed by atoms with Crippen LogP contribution >= 0.6 is 11.8 Å². The molecule has 11 heteroatoms. The van der Waals surface area contributed by atoms with Gasteiger partial charge in [0.05, 0.1) is 31.6 Å². The van der Waals surface area contributed by atoms with E-state index in [0.717, 1.165) is 11.3 Å². The quantitative estimate of drug-likeness (QED) is 0.361. The van der Waals surface area contributed by atoms with Crippen LogP contribution in [0.3, 0.4) is 0 Å². The Labute approximate surface area is 248 Å². The minimum Gasteiger partial charge on any atom is -0.497 e. The first kappa shape index (κ1) is 28.9. The average molecular weight is 586 g/mol. The molecular formula is C31H31N5O5S. The Kier molecular flexibility index (Phi) is 8.87. The zero-order valence-electron chi connectivity index (χ0n) is 23.5. The summed E-state index contributed by atoms with van der Waals surface area (Å²) in [5.41, 5.74) is 2.86. The van der Waals surface area contributed by atoms with Gasteiger partial charge < -0.3 is 20.1 Å². The number of amides is 3. The van der Waals surface area contributed by atoms with E-state index in [2.05, 4.69) is 15.6 Å². The highest BCUT2D eigenvalue weighted by atomic mass is 32.2. The number of carbonyl (C=O) groups excluding carboxylic acids is 3. The molecule has 0 fully saturated rings. The summed E-state index contributed by atoms with van der Waals surface area (Å²) in [4.78, 5) is 50.6. The third-order valence-corrected chi connectivity index (χ3v) is 8.14. The summed E-state index contributed by atoms with van der Waals surface area (Å²) in [5, 5.41) is 5.61. The number of methoxy groups -OCH3 is 2. The molecule has 3 aromatic carbocycles. The predicted octanol–water partition coefficient (Wildman–Crippen LogP) is 4.52. The minimum absolute atomic E-state index is 0.108. The minimum atomic E-state index is -0.904. The molecule has 0 unspecified atom stereocenters. The summed E-state index contributed by atoms with van der Waals surface area (Å²) in [5.74, 6) is 0.920. The van der Waals surface area contributed by atoms with Gasteiger partial charge in [0, 0.05) is 23.9 Å². The van der Waals surface area contributed by atoms with E-state index in [9.17, 15) is 14.4 Å². The van der Waals surface area contributed by atoms with E-state index in [1.54, 1.807) is 38.5 Å². The molecule has 216 valence electrons. The van der Waals surface area contributed by atoms with E-state index in [1.165, 1.54) is 16.7 Å². The molecule has 0 aliphatic carbocycles. The number of thioether (sulfide) groups is 1. The molecule has 42 heavy (non-hydrogen) atoms. The molecule has 2 N–H and O–H groups in total. The lowest BCUT2D eigenvalue weighted by atomic mass is 10.1. The zero-order valence-corrected chi connectivity index (χ0v) is 24.3. The topological polar surface area (TPSA) is 122 Å². The zero-order chi connectivity index (χ0) is 29.6. The maximum Gasteiger partial charge on any atom is 0.259 e. The fourth-order valence-corrected chi connectivity index (χ4v) is 5.60. The molecule has 0 bridgehead atoms. The van der Waals surface area contributed by atoms with Crippen molar-refractivity contribution >= 4 is 51.9 Å². The third kappa shape index (κ3) is 6.31. The number of aliphatic imine (C=N–C) groups is 2. The van der Waals surface area contributed by atoms with Crippen molar-refractivity contribution in [2.75, 3.05) is 19.5 Å². The Bertz CT molecular complexity index is 1560. The van der Waals surface area contributed by atoms with Crippen molar-refractivity contribution in [3.8, 4) is 11.5 Å². The van der Waals surface area contributed by atoms with Gasteiger partial charge in [-0.2, -0.15) is 0 Å². The number of nitrogens with zero attached hydrogens (tertiary/aromatic N) is 3. The monoisotopic (exact) mass is 585 g/mol. The maximum absolute atomic E-state index is 13.7. The van der Waals surface area contributed by atoms with Gasteiger partial charge in [-0.15, -0.1) is 0 Å². The van der Waals surface area contributed by atoms with Gasteiger partial charge in [-0.05, 0) is 48.4 Å². The first-order valence-corrected chi connectivity index (χ1v) is 14.4. The summed E-state index contributed by atoms with van der Waals surface area (Å²) >= 11 is 1.20. The fraction of sp³-hybridized carbons (Fsp3) is 0.258. The second kappa shape index (κ2) is 12.9. The molecule has 0 saturated carbocycles. The number of amidine groups is 2. The van der Waals surface area contributed by atoms with Crippen molar-refractivity contribution in [3.05, 3.63) is 83.9 Å². The first-order valence-electron chi connectivity index (χ1n) is 13.5. The van der Waals surface area contributed by atoms with Crippen LogP contribution in [0.1, 0.15) is 30.9 Å². The standard InChI is InChI=1S/C31H31N5O5S/c1-4-26(29(38)33-20-8-7-9-22(16-20)41-3)42-31-35-24-11-6-5-10-23(24)28-34-25(30(39)36(28)31)17-27(37)32-18-19-12-14-21(40-2)15-13-19/h5-16,25-26H,4,17-18H2,1-3H3,(H,32,37)(H,33,38)/t25-,26-/m1/s1. The number of ether oxygens (including phenoxy) is 2. The van der Waals surface area contributed by atoms with Gasteiger partial charge >= 0.3 is 0 Å². The molecule has 10 nitrogen and oxygen atoms in total. The Balaban J connectivity index is 1.31. The molecule has 2 aliphatic rings. The van der Waals surface area contributed by atoms with Crippen molar-refractivity contribution in [3.63, 3.8) is 0 Å². The van der Waals surface area contributed by atoms with E-state index < -0.39 is 11.3 Å². The molecular weight excluding hydrogens is 554 g/mol. The number of anilines is 1. The maximum atomic E-state index is 13.7. The Morgan fingerprint density at radius 3 is 2.50 bits per heavy atom. The lowest BCUT2D eigenvalue weighted by Crippen LogP contribution is -2.43. The van der Waals surface area contributed by atoms with Crippen LogP contribution in [0.5, 0.6) is 11.5 Å². The van der Waals surface area contributed by atoms with E-state index in [4.69, 9.17) is 14.5 Å². The molecule has 2 atom stereocenters. The van der Waals surface area contributed by atoms with E-state index >= 15 is 0 Å². The summed E-state index contributed by atoms with van der Waals surface area (Å²) in [6.45, 7) is 2.22. The van der Waals surface area contributed by atoms with Crippen molar-refractivity contribution < 1.29 is 23.9 Å². The van der Waals surface area contributed by atoms with Crippen LogP contribution in [-0.2, 0) is 20.9 Å². The van der Waals surface area contributed by atoms with E-state index in [1.807, 2.05) is 55.5 Å². The number of hydrogen-bond donors (Lipinski definition) is 2. The summed E-state index contributed by atoms with van der Waals surface area (Å²) in [7, 11) is 3.16. The van der Waals surface area contributed by atoms with Crippen molar-refractivity contribution in [2.45, 2.75) is 37.6 Å². The Morgan fingerprint density at radius 2 is 1.76 bits per heavy atom. The van der Waals surface area contributed by atoms with E-state index in [-0.39, 0.29) is 24.1 Å². The second-order valence-corrected chi connectivity index (χ2v) is 10.8. The van der Waals surface area contributed by atoms with Crippen LogP contribution in [0.4, 0.5) is 11.4 Å². The summed E-state index contributed by atoms with van der Waals surface area (Å²) in [6.07, 6.45) is 0.384. The Morgan fingerprint density at radius 1 is 1.00 bits per heavy atom. The molecule has 0 saturated heterocycles. The van der Waals surface area contributed by atoms with Gasteiger partial charge in [0.2, 0.25) is 11.8 Å². The second-order valence-electron chi connectivity index (χ2n) is 9.62. The van der Waals surface area contributed by atoms with Gasteiger partial charge in [0.15, 0.2) is 5.17 Å². The predicted molar refractivity (Wildman–Crippen MR) is 163 cm³/mol. The number of fused-ring (bicyclic) bond motifs is 3. The van der Waals surface area contributed by atoms with Crippen LogP contribution in [0.15, 0.2) is 82.8 Å². The van der Waals surface area contributed by atoms with Gasteiger partial charge in [0.1, 0.15) is 23.4 Å². The number of hydrogen-bond acceptors (Lipinski definition) is 8. The number of rotatable bonds is 10. The number of nitrogens with one attached hydrogen (secondary N) is 2.